The van der Waals surface area contributed by atoms with Crippen LogP contribution in [0.4, 0.5) is 0 Å². The first-order valence-electron chi connectivity index (χ1n) is 15.4. The van der Waals surface area contributed by atoms with Crippen molar-refractivity contribution in [3.05, 3.63) is 29.8 Å². The van der Waals surface area contributed by atoms with E-state index in [0.29, 0.717) is 10.8 Å². The SMILES string of the molecule is CCCCCC1CCC(CCCOc2ccc(C34CCC(CCCCC)(CC3)CC4)cc2)CC1. The van der Waals surface area contributed by atoms with E-state index < -0.39 is 0 Å². The van der Waals surface area contributed by atoms with Gasteiger partial charge < -0.3 is 4.74 Å². The first-order chi connectivity index (χ1) is 16.7. The topological polar surface area (TPSA) is 9.23 Å². The fourth-order valence-corrected chi connectivity index (χ4v) is 7.78. The zero-order valence-corrected chi connectivity index (χ0v) is 22.7. The Kier molecular flexibility index (Phi) is 9.84. The molecule has 0 aromatic heterocycles. The molecule has 0 atom stereocenters. The lowest BCUT2D eigenvalue weighted by Gasteiger charge is -2.54. The Morgan fingerprint density at radius 2 is 1.24 bits per heavy atom. The van der Waals surface area contributed by atoms with Crippen molar-refractivity contribution in [2.75, 3.05) is 6.61 Å². The van der Waals surface area contributed by atoms with Crippen molar-refractivity contribution >= 4 is 0 Å². The summed E-state index contributed by atoms with van der Waals surface area (Å²) in [4.78, 5) is 0. The monoisotopic (exact) mass is 466 g/mol. The molecule has 0 spiro atoms. The molecule has 1 aromatic carbocycles. The second-order valence-corrected chi connectivity index (χ2v) is 12.6. The van der Waals surface area contributed by atoms with Crippen molar-refractivity contribution in [1.82, 2.24) is 0 Å². The second-order valence-electron chi connectivity index (χ2n) is 12.6. The summed E-state index contributed by atoms with van der Waals surface area (Å²) in [5, 5.41) is 0. The number of hydrogen-bond donors (Lipinski definition) is 0. The number of ether oxygens (including phenoxy) is 1. The maximum absolute atomic E-state index is 6.17. The Bertz CT molecular complexity index is 671. The molecule has 0 saturated heterocycles. The molecule has 4 saturated carbocycles. The number of unbranched alkanes of at least 4 members (excludes halogenated alkanes) is 4. The van der Waals surface area contributed by atoms with Crippen LogP contribution >= 0.6 is 0 Å². The Balaban J connectivity index is 1.14. The van der Waals surface area contributed by atoms with Crippen LogP contribution in [0.2, 0.25) is 0 Å². The van der Waals surface area contributed by atoms with E-state index in [4.69, 9.17) is 4.74 Å². The fourth-order valence-electron chi connectivity index (χ4n) is 7.78. The molecule has 0 radical (unpaired) electrons. The summed E-state index contributed by atoms with van der Waals surface area (Å²) in [5.41, 5.74) is 2.77. The maximum atomic E-state index is 6.17. The van der Waals surface area contributed by atoms with Crippen LogP contribution in [0.15, 0.2) is 24.3 Å². The Labute approximate surface area is 211 Å². The lowest BCUT2D eigenvalue weighted by Crippen LogP contribution is -2.44. The Morgan fingerprint density at radius 1 is 0.676 bits per heavy atom. The third kappa shape index (κ3) is 6.82. The summed E-state index contributed by atoms with van der Waals surface area (Å²) >= 11 is 0. The number of hydrogen-bond acceptors (Lipinski definition) is 1. The largest absolute Gasteiger partial charge is 0.494 e. The van der Waals surface area contributed by atoms with Crippen LogP contribution in [0.25, 0.3) is 0 Å². The number of benzene rings is 1. The first-order valence-corrected chi connectivity index (χ1v) is 15.4. The lowest BCUT2D eigenvalue weighted by atomic mass is 9.51. The van der Waals surface area contributed by atoms with Crippen LogP contribution in [0.1, 0.15) is 148 Å². The van der Waals surface area contributed by atoms with Gasteiger partial charge in [-0.15, -0.1) is 0 Å². The molecule has 0 heterocycles. The highest BCUT2D eigenvalue weighted by Crippen LogP contribution is 2.59. The molecular formula is C33H54O. The van der Waals surface area contributed by atoms with E-state index >= 15 is 0 Å². The van der Waals surface area contributed by atoms with E-state index in [2.05, 4.69) is 38.1 Å². The highest BCUT2D eigenvalue weighted by Gasteiger charge is 2.48. The van der Waals surface area contributed by atoms with Crippen molar-refractivity contribution in [3.63, 3.8) is 0 Å². The molecule has 0 aliphatic heterocycles. The van der Waals surface area contributed by atoms with E-state index in [1.54, 1.807) is 5.56 Å². The molecule has 34 heavy (non-hydrogen) atoms. The van der Waals surface area contributed by atoms with Crippen molar-refractivity contribution in [2.24, 2.45) is 17.3 Å². The van der Waals surface area contributed by atoms with Crippen molar-refractivity contribution < 1.29 is 4.74 Å². The second kappa shape index (κ2) is 12.8. The van der Waals surface area contributed by atoms with Gasteiger partial charge in [0.1, 0.15) is 5.75 Å². The minimum atomic E-state index is 0.473. The zero-order chi connectivity index (χ0) is 23.7. The first kappa shape index (κ1) is 26.1. The molecule has 192 valence electrons. The average Bonchev–Trinajstić information content (AvgIpc) is 2.89. The van der Waals surface area contributed by atoms with Gasteiger partial charge in [-0.1, -0.05) is 96.6 Å². The van der Waals surface area contributed by atoms with Crippen LogP contribution < -0.4 is 4.74 Å². The third-order valence-corrected chi connectivity index (χ3v) is 10.4. The van der Waals surface area contributed by atoms with Crippen LogP contribution in [-0.2, 0) is 5.41 Å². The van der Waals surface area contributed by atoms with Crippen LogP contribution in [0, 0.1) is 17.3 Å². The standard InChI is InChI=1S/C33H54O/c1-3-5-7-10-28-12-14-29(15-13-28)11-9-27-34-31-18-16-30(17-19-31)33-24-21-32(22-25-33,23-26-33)20-8-6-4-2/h16-19,28-29H,3-15,20-27H2,1-2H3. The highest BCUT2D eigenvalue weighted by atomic mass is 16.5. The summed E-state index contributed by atoms with van der Waals surface area (Å²) in [5.74, 6) is 3.07. The van der Waals surface area contributed by atoms with E-state index in [9.17, 15) is 0 Å². The minimum Gasteiger partial charge on any atom is -0.494 e. The minimum absolute atomic E-state index is 0.473. The molecule has 4 aliphatic rings. The third-order valence-electron chi connectivity index (χ3n) is 10.4. The molecular weight excluding hydrogens is 412 g/mol. The van der Waals surface area contributed by atoms with Gasteiger partial charge in [-0.2, -0.15) is 0 Å². The number of rotatable bonds is 14. The predicted molar refractivity (Wildman–Crippen MR) is 147 cm³/mol. The molecule has 0 unspecified atom stereocenters. The molecule has 5 rings (SSSR count). The van der Waals surface area contributed by atoms with Gasteiger partial charge in [0.25, 0.3) is 0 Å². The van der Waals surface area contributed by atoms with Crippen LogP contribution in [0.5, 0.6) is 5.75 Å². The molecule has 1 nitrogen and oxygen atoms in total. The van der Waals surface area contributed by atoms with Crippen molar-refractivity contribution in [1.29, 1.82) is 0 Å². The van der Waals surface area contributed by atoms with E-state index in [-0.39, 0.29) is 0 Å². The van der Waals surface area contributed by atoms with Gasteiger partial charge in [0.15, 0.2) is 0 Å². The predicted octanol–water partition coefficient (Wildman–Crippen LogP) is 10.4. The smallest absolute Gasteiger partial charge is 0.119 e. The van der Waals surface area contributed by atoms with Crippen LogP contribution in [0.3, 0.4) is 0 Å². The highest BCUT2D eigenvalue weighted by molar-refractivity contribution is 5.34. The fraction of sp³-hybridized carbons (Fsp3) is 0.818. The molecule has 0 N–H and O–H groups in total. The van der Waals surface area contributed by atoms with Gasteiger partial charge in [0.05, 0.1) is 6.61 Å². The van der Waals surface area contributed by atoms with Gasteiger partial charge in [-0.05, 0) is 98.1 Å². The van der Waals surface area contributed by atoms with E-state index in [1.807, 2.05) is 0 Å². The molecule has 0 amide bonds. The Morgan fingerprint density at radius 3 is 1.82 bits per heavy atom. The Hall–Kier alpha value is -0.980. The summed E-state index contributed by atoms with van der Waals surface area (Å²) in [6.45, 7) is 5.54. The van der Waals surface area contributed by atoms with E-state index in [1.165, 1.54) is 128 Å². The average molecular weight is 467 g/mol. The lowest BCUT2D eigenvalue weighted by molar-refractivity contribution is 0.0305. The molecule has 1 aromatic rings. The van der Waals surface area contributed by atoms with Gasteiger partial charge in [-0.25, -0.2) is 0 Å². The maximum Gasteiger partial charge on any atom is 0.119 e. The molecule has 1 heteroatoms. The van der Waals surface area contributed by atoms with Crippen molar-refractivity contribution in [2.45, 2.75) is 148 Å². The molecule has 2 bridgehead atoms. The van der Waals surface area contributed by atoms with Crippen molar-refractivity contribution in [3.8, 4) is 5.75 Å². The number of fused-ring (bicyclic) bond motifs is 3. The van der Waals surface area contributed by atoms with Crippen LogP contribution in [-0.4, -0.2) is 6.61 Å². The quantitative estimate of drug-likeness (QED) is 0.248. The summed E-state index contributed by atoms with van der Waals surface area (Å²) in [7, 11) is 0. The van der Waals surface area contributed by atoms with E-state index in [0.717, 1.165) is 24.2 Å². The van der Waals surface area contributed by atoms with Gasteiger partial charge in [0.2, 0.25) is 0 Å². The normalized spacial score (nSPS) is 31.0. The summed E-state index contributed by atoms with van der Waals surface area (Å²) < 4.78 is 6.17. The van der Waals surface area contributed by atoms with Gasteiger partial charge >= 0.3 is 0 Å². The zero-order valence-electron chi connectivity index (χ0n) is 22.7. The molecule has 4 fully saturated rings. The molecule has 4 aliphatic carbocycles. The summed E-state index contributed by atoms with van der Waals surface area (Å²) in [6.07, 6.45) is 28.6. The van der Waals surface area contributed by atoms with Gasteiger partial charge in [-0.3, -0.25) is 0 Å². The van der Waals surface area contributed by atoms with Gasteiger partial charge in [0, 0.05) is 0 Å². The summed E-state index contributed by atoms with van der Waals surface area (Å²) in [6, 6.07) is 9.35.